The number of carboxylic acids is 1. The number of nitrogens with zero attached hydrogens (tertiary/aromatic N) is 1. The molecule has 0 atom stereocenters. The molecule has 94 valence electrons. The van der Waals surface area contributed by atoms with Gasteiger partial charge in [0, 0.05) is 12.1 Å². The normalized spacial score (nSPS) is 10.5. The summed E-state index contributed by atoms with van der Waals surface area (Å²) in [6.07, 6.45) is 0. The van der Waals surface area contributed by atoms with Gasteiger partial charge in [-0.1, -0.05) is 5.16 Å². The van der Waals surface area contributed by atoms with Crippen molar-refractivity contribution in [3.05, 3.63) is 17.5 Å². The fourth-order valence-electron chi connectivity index (χ4n) is 1.17. The Kier molecular flexibility index (Phi) is 4.65. The number of rotatable bonds is 6. The van der Waals surface area contributed by atoms with Crippen LogP contribution in [0.2, 0.25) is 0 Å². The first-order valence-corrected chi connectivity index (χ1v) is 5.18. The predicted molar refractivity (Wildman–Crippen MR) is 58.4 cm³/mol. The van der Waals surface area contributed by atoms with Gasteiger partial charge in [-0.25, -0.2) is 4.79 Å². The van der Waals surface area contributed by atoms with Gasteiger partial charge in [-0.2, -0.15) is 0 Å². The van der Waals surface area contributed by atoms with E-state index in [-0.39, 0.29) is 30.7 Å². The minimum Gasteiger partial charge on any atom is -0.476 e. The Labute approximate surface area is 98.2 Å². The van der Waals surface area contributed by atoms with Crippen molar-refractivity contribution >= 4 is 11.9 Å². The standard InChI is InChI=1S/C10H15N3O4/c1-6(2)12-9(14)5-11-4-7-3-8(10(15)16)13-17-7/h3,6,11H,4-5H2,1-2H3,(H,12,14)(H,15,16). The number of amides is 1. The topological polar surface area (TPSA) is 104 Å². The van der Waals surface area contributed by atoms with E-state index in [9.17, 15) is 9.59 Å². The number of aromatic nitrogens is 1. The van der Waals surface area contributed by atoms with Crippen LogP contribution in [0.15, 0.2) is 10.6 Å². The third kappa shape index (κ3) is 4.64. The molecule has 0 aliphatic carbocycles. The molecular formula is C10H15N3O4. The molecule has 7 nitrogen and oxygen atoms in total. The van der Waals surface area contributed by atoms with Crippen LogP contribution in [-0.4, -0.2) is 34.7 Å². The first-order chi connectivity index (χ1) is 7.99. The van der Waals surface area contributed by atoms with E-state index in [1.807, 2.05) is 13.8 Å². The average Bonchev–Trinajstić information content (AvgIpc) is 2.65. The summed E-state index contributed by atoms with van der Waals surface area (Å²) in [5.74, 6) is -0.893. The summed E-state index contributed by atoms with van der Waals surface area (Å²) in [6.45, 7) is 4.13. The van der Waals surface area contributed by atoms with Crippen molar-refractivity contribution in [2.24, 2.45) is 0 Å². The Morgan fingerprint density at radius 1 is 1.53 bits per heavy atom. The van der Waals surface area contributed by atoms with E-state index < -0.39 is 5.97 Å². The van der Waals surface area contributed by atoms with E-state index in [0.29, 0.717) is 5.76 Å². The van der Waals surface area contributed by atoms with Crippen LogP contribution in [-0.2, 0) is 11.3 Å². The van der Waals surface area contributed by atoms with Crippen molar-refractivity contribution in [1.29, 1.82) is 0 Å². The first kappa shape index (κ1) is 13.2. The lowest BCUT2D eigenvalue weighted by atomic mass is 10.3. The second-order valence-electron chi connectivity index (χ2n) is 3.81. The van der Waals surface area contributed by atoms with Crippen LogP contribution in [0, 0.1) is 0 Å². The SMILES string of the molecule is CC(C)NC(=O)CNCc1cc(C(=O)O)no1. The van der Waals surface area contributed by atoms with Gasteiger partial charge in [0.25, 0.3) is 0 Å². The lowest BCUT2D eigenvalue weighted by Gasteiger charge is -2.07. The molecule has 0 aliphatic heterocycles. The molecule has 1 aromatic heterocycles. The van der Waals surface area contributed by atoms with Gasteiger partial charge in [0.05, 0.1) is 13.1 Å². The molecule has 0 spiro atoms. The molecule has 0 aliphatic rings. The van der Waals surface area contributed by atoms with Crippen molar-refractivity contribution in [1.82, 2.24) is 15.8 Å². The van der Waals surface area contributed by atoms with Crippen molar-refractivity contribution in [2.45, 2.75) is 26.4 Å². The van der Waals surface area contributed by atoms with E-state index in [2.05, 4.69) is 15.8 Å². The molecule has 0 fully saturated rings. The van der Waals surface area contributed by atoms with Crippen molar-refractivity contribution < 1.29 is 19.2 Å². The Morgan fingerprint density at radius 2 is 2.24 bits per heavy atom. The zero-order chi connectivity index (χ0) is 12.8. The highest BCUT2D eigenvalue weighted by molar-refractivity contribution is 5.85. The van der Waals surface area contributed by atoms with Crippen molar-refractivity contribution in [2.75, 3.05) is 6.54 Å². The molecule has 7 heteroatoms. The van der Waals surface area contributed by atoms with E-state index >= 15 is 0 Å². The average molecular weight is 241 g/mol. The van der Waals surface area contributed by atoms with Gasteiger partial charge in [-0.15, -0.1) is 0 Å². The van der Waals surface area contributed by atoms with Gasteiger partial charge >= 0.3 is 5.97 Å². The summed E-state index contributed by atoms with van der Waals surface area (Å²) in [6, 6.07) is 1.41. The fraction of sp³-hybridized carbons (Fsp3) is 0.500. The lowest BCUT2D eigenvalue weighted by molar-refractivity contribution is -0.120. The molecule has 1 amide bonds. The Morgan fingerprint density at radius 3 is 2.76 bits per heavy atom. The highest BCUT2D eigenvalue weighted by Crippen LogP contribution is 2.02. The quantitative estimate of drug-likeness (QED) is 0.647. The smallest absolute Gasteiger partial charge is 0.358 e. The molecule has 1 aromatic rings. The van der Waals surface area contributed by atoms with Crippen LogP contribution in [0.5, 0.6) is 0 Å². The third-order valence-electron chi connectivity index (χ3n) is 1.81. The number of aromatic carboxylic acids is 1. The number of hydrogen-bond donors (Lipinski definition) is 3. The molecule has 0 saturated heterocycles. The molecule has 0 radical (unpaired) electrons. The Hall–Kier alpha value is -1.89. The van der Waals surface area contributed by atoms with Crippen molar-refractivity contribution in [3.63, 3.8) is 0 Å². The van der Waals surface area contributed by atoms with Crippen LogP contribution >= 0.6 is 0 Å². The van der Waals surface area contributed by atoms with Gasteiger partial charge in [0.2, 0.25) is 5.91 Å². The molecule has 0 bridgehead atoms. The highest BCUT2D eigenvalue weighted by atomic mass is 16.5. The van der Waals surface area contributed by atoms with Crippen LogP contribution in [0.3, 0.4) is 0 Å². The molecule has 0 aromatic carbocycles. The number of carbonyl (C=O) groups excluding carboxylic acids is 1. The van der Waals surface area contributed by atoms with E-state index in [1.165, 1.54) is 6.07 Å². The van der Waals surface area contributed by atoms with E-state index in [0.717, 1.165) is 0 Å². The largest absolute Gasteiger partial charge is 0.476 e. The Balaban J connectivity index is 2.31. The molecule has 3 N–H and O–H groups in total. The minimum absolute atomic E-state index is 0.0909. The molecule has 17 heavy (non-hydrogen) atoms. The van der Waals surface area contributed by atoms with Gasteiger partial charge in [-0.05, 0) is 13.8 Å². The van der Waals surface area contributed by atoms with Crippen LogP contribution in [0.25, 0.3) is 0 Å². The van der Waals surface area contributed by atoms with Crippen LogP contribution in [0.4, 0.5) is 0 Å². The maximum atomic E-state index is 11.2. The van der Waals surface area contributed by atoms with E-state index in [1.54, 1.807) is 0 Å². The maximum absolute atomic E-state index is 11.2. The highest BCUT2D eigenvalue weighted by Gasteiger charge is 2.10. The van der Waals surface area contributed by atoms with Crippen LogP contribution < -0.4 is 10.6 Å². The molecule has 1 heterocycles. The number of carbonyl (C=O) groups is 2. The zero-order valence-electron chi connectivity index (χ0n) is 9.69. The molecule has 0 saturated carbocycles. The number of hydrogen-bond acceptors (Lipinski definition) is 5. The summed E-state index contributed by atoms with van der Waals surface area (Å²) in [4.78, 5) is 21.8. The summed E-state index contributed by atoms with van der Waals surface area (Å²) < 4.78 is 4.76. The second-order valence-corrected chi connectivity index (χ2v) is 3.81. The van der Waals surface area contributed by atoms with Crippen LogP contribution in [0.1, 0.15) is 30.1 Å². The second kappa shape index (κ2) is 6.00. The molecular weight excluding hydrogens is 226 g/mol. The van der Waals surface area contributed by atoms with Gasteiger partial charge in [-0.3, -0.25) is 4.79 Å². The minimum atomic E-state index is -1.14. The zero-order valence-corrected chi connectivity index (χ0v) is 9.69. The third-order valence-corrected chi connectivity index (χ3v) is 1.81. The first-order valence-electron chi connectivity index (χ1n) is 5.18. The summed E-state index contributed by atoms with van der Waals surface area (Å²) in [5.41, 5.74) is -0.145. The Bertz CT molecular complexity index is 400. The van der Waals surface area contributed by atoms with E-state index in [4.69, 9.17) is 9.63 Å². The molecule has 1 rings (SSSR count). The summed E-state index contributed by atoms with van der Waals surface area (Å²) >= 11 is 0. The van der Waals surface area contributed by atoms with Gasteiger partial charge in [0.1, 0.15) is 0 Å². The number of carboxylic acid groups (broad SMARTS) is 1. The van der Waals surface area contributed by atoms with Gasteiger partial charge in [0.15, 0.2) is 11.5 Å². The fourth-order valence-corrected chi connectivity index (χ4v) is 1.17. The van der Waals surface area contributed by atoms with Crippen molar-refractivity contribution in [3.8, 4) is 0 Å². The summed E-state index contributed by atoms with van der Waals surface area (Å²) in [7, 11) is 0. The lowest BCUT2D eigenvalue weighted by Crippen LogP contribution is -2.37. The molecule has 0 unspecified atom stereocenters. The monoisotopic (exact) mass is 241 g/mol. The van der Waals surface area contributed by atoms with Gasteiger partial charge < -0.3 is 20.3 Å². The maximum Gasteiger partial charge on any atom is 0.358 e. The summed E-state index contributed by atoms with van der Waals surface area (Å²) in [5, 5.41) is 17.5. The number of nitrogens with one attached hydrogen (secondary N) is 2. The predicted octanol–water partition coefficient (Wildman–Crippen LogP) is -0.0130.